The van der Waals surface area contributed by atoms with Crippen molar-refractivity contribution in [3.63, 3.8) is 0 Å². The molecule has 0 spiro atoms. The lowest BCUT2D eigenvalue weighted by Gasteiger charge is -2.22. The van der Waals surface area contributed by atoms with Gasteiger partial charge in [-0.1, -0.05) is 35.9 Å². The number of hydrogen-bond acceptors (Lipinski definition) is 3. The molecule has 0 unspecified atom stereocenters. The van der Waals surface area contributed by atoms with Crippen LogP contribution in [0, 0.1) is 6.92 Å². The lowest BCUT2D eigenvalue weighted by molar-refractivity contribution is 0.476. The molecular weight excluding hydrogens is 451 g/mol. The highest BCUT2D eigenvalue weighted by Crippen LogP contribution is 2.11. The van der Waals surface area contributed by atoms with Crippen molar-refractivity contribution in [3.05, 3.63) is 78.0 Å². The number of guanidine groups is 1. The Labute approximate surface area is 177 Å². The van der Waals surface area contributed by atoms with Gasteiger partial charge in [0.2, 0.25) is 0 Å². The van der Waals surface area contributed by atoms with E-state index in [0.29, 0.717) is 6.54 Å². The molecule has 0 aliphatic rings. The number of nitrogens with one attached hydrogen (secondary N) is 1. The van der Waals surface area contributed by atoms with Crippen LogP contribution in [0.2, 0.25) is 0 Å². The molecule has 1 N–H and O–H groups in total. The van der Waals surface area contributed by atoms with Gasteiger partial charge < -0.3 is 10.2 Å². The van der Waals surface area contributed by atoms with Crippen molar-refractivity contribution in [1.29, 1.82) is 0 Å². The first kappa shape index (κ1) is 20.9. The summed E-state index contributed by atoms with van der Waals surface area (Å²) in [5.74, 6) is 1.71. The Kier molecular flexibility index (Phi) is 7.78. The van der Waals surface area contributed by atoms with Crippen LogP contribution in [0.5, 0.6) is 0 Å². The summed E-state index contributed by atoms with van der Waals surface area (Å²) in [6.07, 6.45) is 7.19. The van der Waals surface area contributed by atoms with Gasteiger partial charge in [-0.3, -0.25) is 9.56 Å². The van der Waals surface area contributed by atoms with Gasteiger partial charge in [-0.2, -0.15) is 0 Å². The van der Waals surface area contributed by atoms with Crippen LogP contribution in [-0.4, -0.2) is 39.5 Å². The van der Waals surface area contributed by atoms with Crippen LogP contribution in [0.25, 0.3) is 5.82 Å². The van der Waals surface area contributed by atoms with E-state index in [1.54, 1.807) is 25.8 Å². The van der Waals surface area contributed by atoms with Gasteiger partial charge in [0.25, 0.3) is 0 Å². The minimum absolute atomic E-state index is 0. The van der Waals surface area contributed by atoms with Crippen molar-refractivity contribution in [2.75, 3.05) is 14.1 Å². The Morgan fingerprint density at radius 2 is 1.96 bits per heavy atom. The smallest absolute Gasteiger partial charge is 0.193 e. The van der Waals surface area contributed by atoms with Crippen LogP contribution in [0.1, 0.15) is 16.7 Å². The van der Waals surface area contributed by atoms with Gasteiger partial charge in [-0.15, -0.1) is 24.0 Å². The van der Waals surface area contributed by atoms with E-state index in [2.05, 4.69) is 62.4 Å². The van der Waals surface area contributed by atoms with E-state index >= 15 is 0 Å². The second-order valence-corrected chi connectivity index (χ2v) is 6.20. The Balaban J connectivity index is 0.00000261. The summed E-state index contributed by atoms with van der Waals surface area (Å²) in [4.78, 5) is 15.1. The van der Waals surface area contributed by atoms with Crippen molar-refractivity contribution in [2.45, 2.75) is 20.0 Å². The zero-order valence-corrected chi connectivity index (χ0v) is 18.2. The third kappa shape index (κ3) is 5.53. The number of aryl methyl sites for hydroxylation is 1. The SMILES string of the molecule is CN=C(NCc1cccnc1-n1ccnc1)N(C)Cc1ccc(C)cc1.I. The van der Waals surface area contributed by atoms with E-state index < -0.39 is 0 Å². The van der Waals surface area contributed by atoms with Gasteiger partial charge in [0.05, 0.1) is 0 Å². The number of rotatable bonds is 5. The average molecular weight is 476 g/mol. The second kappa shape index (κ2) is 10.1. The van der Waals surface area contributed by atoms with E-state index in [1.807, 2.05) is 23.9 Å². The molecule has 2 heterocycles. The molecule has 2 aromatic heterocycles. The number of nitrogens with zero attached hydrogens (tertiary/aromatic N) is 5. The van der Waals surface area contributed by atoms with Gasteiger partial charge in [0, 0.05) is 51.3 Å². The Hall–Kier alpha value is -2.42. The van der Waals surface area contributed by atoms with Crippen molar-refractivity contribution >= 4 is 29.9 Å². The van der Waals surface area contributed by atoms with Crippen molar-refractivity contribution in [2.24, 2.45) is 4.99 Å². The predicted octanol–water partition coefficient (Wildman–Crippen LogP) is 3.40. The van der Waals surface area contributed by atoms with Crippen LogP contribution < -0.4 is 5.32 Å². The summed E-state index contributed by atoms with van der Waals surface area (Å²) >= 11 is 0. The van der Waals surface area contributed by atoms with Gasteiger partial charge in [0.15, 0.2) is 5.96 Å². The summed E-state index contributed by atoms with van der Waals surface area (Å²) < 4.78 is 1.91. The van der Waals surface area contributed by atoms with E-state index in [1.165, 1.54) is 11.1 Å². The van der Waals surface area contributed by atoms with E-state index in [9.17, 15) is 0 Å². The molecule has 0 saturated heterocycles. The first-order valence-electron chi connectivity index (χ1n) is 8.57. The number of benzene rings is 1. The molecule has 0 atom stereocenters. The third-order valence-corrected chi connectivity index (χ3v) is 4.17. The Morgan fingerprint density at radius 3 is 2.63 bits per heavy atom. The van der Waals surface area contributed by atoms with E-state index in [0.717, 1.165) is 23.9 Å². The fourth-order valence-corrected chi connectivity index (χ4v) is 2.79. The summed E-state index contributed by atoms with van der Waals surface area (Å²) in [7, 11) is 3.84. The minimum Gasteiger partial charge on any atom is -0.352 e. The summed E-state index contributed by atoms with van der Waals surface area (Å²) in [5.41, 5.74) is 3.60. The summed E-state index contributed by atoms with van der Waals surface area (Å²) in [5, 5.41) is 3.42. The van der Waals surface area contributed by atoms with Crippen molar-refractivity contribution < 1.29 is 0 Å². The minimum atomic E-state index is 0. The quantitative estimate of drug-likeness (QED) is 0.349. The molecule has 27 heavy (non-hydrogen) atoms. The van der Waals surface area contributed by atoms with Crippen LogP contribution in [0.4, 0.5) is 0 Å². The molecule has 3 rings (SSSR count). The molecule has 0 fully saturated rings. The highest BCUT2D eigenvalue weighted by molar-refractivity contribution is 14.0. The third-order valence-electron chi connectivity index (χ3n) is 4.17. The van der Waals surface area contributed by atoms with E-state index in [4.69, 9.17) is 0 Å². The van der Waals surface area contributed by atoms with Gasteiger partial charge in [-0.25, -0.2) is 9.97 Å². The average Bonchev–Trinajstić information content (AvgIpc) is 3.19. The van der Waals surface area contributed by atoms with Crippen LogP contribution >= 0.6 is 24.0 Å². The Morgan fingerprint density at radius 1 is 1.19 bits per heavy atom. The molecule has 0 amide bonds. The molecule has 3 aromatic rings. The zero-order chi connectivity index (χ0) is 18.4. The number of pyridine rings is 1. The maximum Gasteiger partial charge on any atom is 0.193 e. The van der Waals surface area contributed by atoms with E-state index in [-0.39, 0.29) is 24.0 Å². The number of aromatic nitrogens is 3. The molecular formula is C20H25IN6. The van der Waals surface area contributed by atoms with Crippen LogP contribution in [0.3, 0.4) is 0 Å². The lowest BCUT2D eigenvalue weighted by atomic mass is 10.1. The van der Waals surface area contributed by atoms with Crippen molar-refractivity contribution in [1.82, 2.24) is 24.8 Å². The van der Waals surface area contributed by atoms with Crippen LogP contribution in [-0.2, 0) is 13.1 Å². The predicted molar refractivity (Wildman–Crippen MR) is 120 cm³/mol. The lowest BCUT2D eigenvalue weighted by Crippen LogP contribution is -2.38. The maximum absolute atomic E-state index is 4.48. The monoisotopic (exact) mass is 476 g/mol. The number of imidazole rings is 1. The molecule has 0 saturated carbocycles. The largest absolute Gasteiger partial charge is 0.352 e. The molecule has 0 aliphatic heterocycles. The fourth-order valence-electron chi connectivity index (χ4n) is 2.79. The molecule has 142 valence electrons. The first-order valence-corrected chi connectivity index (χ1v) is 8.57. The normalized spacial score (nSPS) is 11.0. The number of aliphatic imine (C=N–C) groups is 1. The highest BCUT2D eigenvalue weighted by Gasteiger charge is 2.09. The first-order chi connectivity index (χ1) is 12.7. The topological polar surface area (TPSA) is 58.3 Å². The molecule has 1 aromatic carbocycles. The number of hydrogen-bond donors (Lipinski definition) is 1. The standard InChI is InChI=1S/C20H24N6.HI/c1-16-6-8-17(9-7-16)14-25(3)20(21-2)24-13-18-5-4-10-23-19(18)26-12-11-22-15-26;/h4-12,15H,13-14H2,1-3H3,(H,21,24);1H. The van der Waals surface area contributed by atoms with Gasteiger partial charge in [0.1, 0.15) is 12.1 Å². The highest BCUT2D eigenvalue weighted by atomic mass is 127. The number of halogens is 1. The van der Waals surface area contributed by atoms with Gasteiger partial charge >= 0.3 is 0 Å². The molecule has 0 aliphatic carbocycles. The second-order valence-electron chi connectivity index (χ2n) is 6.20. The fraction of sp³-hybridized carbons (Fsp3) is 0.250. The summed E-state index contributed by atoms with van der Waals surface area (Å²) in [6, 6.07) is 12.6. The Bertz CT molecular complexity index is 858. The maximum atomic E-state index is 4.48. The molecule has 0 bridgehead atoms. The van der Waals surface area contributed by atoms with Crippen molar-refractivity contribution in [3.8, 4) is 5.82 Å². The molecule has 6 nitrogen and oxygen atoms in total. The molecule has 0 radical (unpaired) electrons. The van der Waals surface area contributed by atoms with Gasteiger partial charge in [-0.05, 0) is 18.6 Å². The molecule has 7 heteroatoms. The summed E-state index contributed by atoms with van der Waals surface area (Å²) in [6.45, 7) is 3.52. The van der Waals surface area contributed by atoms with Crippen LogP contribution in [0.15, 0.2) is 66.3 Å². The zero-order valence-electron chi connectivity index (χ0n) is 15.8.